The molecule has 0 bridgehead atoms. The maximum Gasteiger partial charge on any atom is 0.119 e. The number of para-hydroxylation sites is 1. The number of hydrogen-bond donors (Lipinski definition) is 1. The van der Waals surface area contributed by atoms with E-state index in [0.29, 0.717) is 0 Å². The maximum absolute atomic E-state index is 6.42. The molecule has 3 nitrogen and oxygen atoms in total. The van der Waals surface area contributed by atoms with E-state index in [1.165, 1.54) is 5.56 Å². The fourth-order valence-corrected chi connectivity index (χ4v) is 2.60. The standard InChI is InChI=1S/C18H18N2O/c1-21-14-6-4-5-13(11-14)12-17(19)15-9-10-20-18-8-3-2-7-16(15)18/h2-11,17H,12,19H2,1H3. The highest BCUT2D eigenvalue weighted by Crippen LogP contribution is 2.24. The number of pyridine rings is 1. The van der Waals surface area contributed by atoms with Gasteiger partial charge in [0.05, 0.1) is 12.6 Å². The van der Waals surface area contributed by atoms with Gasteiger partial charge in [-0.15, -0.1) is 0 Å². The molecule has 2 N–H and O–H groups in total. The minimum Gasteiger partial charge on any atom is -0.497 e. The van der Waals surface area contributed by atoms with Gasteiger partial charge in [-0.05, 0) is 41.8 Å². The fraction of sp³-hybridized carbons (Fsp3) is 0.167. The molecule has 1 aromatic heterocycles. The Morgan fingerprint density at radius 1 is 1.10 bits per heavy atom. The molecule has 1 atom stereocenters. The van der Waals surface area contributed by atoms with Crippen LogP contribution in [0, 0.1) is 0 Å². The molecule has 0 aliphatic heterocycles. The molecule has 21 heavy (non-hydrogen) atoms. The number of hydrogen-bond acceptors (Lipinski definition) is 3. The van der Waals surface area contributed by atoms with Crippen LogP contribution in [0.1, 0.15) is 17.2 Å². The summed E-state index contributed by atoms with van der Waals surface area (Å²) in [6.07, 6.45) is 2.59. The van der Waals surface area contributed by atoms with Crippen molar-refractivity contribution < 1.29 is 4.74 Å². The number of nitrogens with two attached hydrogens (primary N) is 1. The third-order valence-corrected chi connectivity index (χ3v) is 3.67. The monoisotopic (exact) mass is 278 g/mol. The summed E-state index contributed by atoms with van der Waals surface area (Å²) >= 11 is 0. The summed E-state index contributed by atoms with van der Waals surface area (Å²) < 4.78 is 5.26. The Morgan fingerprint density at radius 3 is 2.81 bits per heavy atom. The molecular weight excluding hydrogens is 260 g/mol. The Balaban J connectivity index is 1.91. The topological polar surface area (TPSA) is 48.1 Å². The Bertz CT molecular complexity index is 750. The Hall–Kier alpha value is -2.39. The molecule has 0 amide bonds. The second-order valence-electron chi connectivity index (χ2n) is 5.08. The average Bonchev–Trinajstić information content (AvgIpc) is 2.54. The van der Waals surface area contributed by atoms with Gasteiger partial charge in [0.2, 0.25) is 0 Å². The van der Waals surface area contributed by atoms with Crippen molar-refractivity contribution in [2.45, 2.75) is 12.5 Å². The summed E-state index contributed by atoms with van der Waals surface area (Å²) in [5.74, 6) is 0.860. The van der Waals surface area contributed by atoms with Crippen LogP contribution in [0.4, 0.5) is 0 Å². The largest absolute Gasteiger partial charge is 0.497 e. The van der Waals surface area contributed by atoms with Gasteiger partial charge in [-0.25, -0.2) is 0 Å². The molecule has 3 rings (SSSR count). The zero-order valence-corrected chi connectivity index (χ0v) is 12.0. The number of rotatable bonds is 4. The second kappa shape index (κ2) is 5.94. The lowest BCUT2D eigenvalue weighted by Gasteiger charge is -2.15. The van der Waals surface area contributed by atoms with Crippen molar-refractivity contribution in [2.75, 3.05) is 7.11 Å². The van der Waals surface area contributed by atoms with Crippen LogP contribution in [0.25, 0.3) is 10.9 Å². The SMILES string of the molecule is COc1cccc(CC(N)c2ccnc3ccccc23)c1. The van der Waals surface area contributed by atoms with E-state index in [-0.39, 0.29) is 6.04 Å². The van der Waals surface area contributed by atoms with E-state index < -0.39 is 0 Å². The van der Waals surface area contributed by atoms with E-state index in [1.807, 2.05) is 48.7 Å². The average molecular weight is 278 g/mol. The van der Waals surface area contributed by atoms with Gasteiger partial charge in [-0.2, -0.15) is 0 Å². The van der Waals surface area contributed by atoms with Gasteiger partial charge in [-0.1, -0.05) is 30.3 Å². The highest BCUT2D eigenvalue weighted by atomic mass is 16.5. The lowest BCUT2D eigenvalue weighted by molar-refractivity contribution is 0.414. The van der Waals surface area contributed by atoms with E-state index in [2.05, 4.69) is 17.1 Å². The fourth-order valence-electron chi connectivity index (χ4n) is 2.60. The molecule has 106 valence electrons. The van der Waals surface area contributed by atoms with Gasteiger partial charge >= 0.3 is 0 Å². The van der Waals surface area contributed by atoms with Crippen LogP contribution < -0.4 is 10.5 Å². The summed E-state index contributed by atoms with van der Waals surface area (Å²) in [4.78, 5) is 4.38. The molecular formula is C18H18N2O. The summed E-state index contributed by atoms with van der Waals surface area (Å²) in [5, 5.41) is 1.12. The van der Waals surface area contributed by atoms with Crippen molar-refractivity contribution >= 4 is 10.9 Å². The zero-order valence-electron chi connectivity index (χ0n) is 12.0. The van der Waals surface area contributed by atoms with E-state index >= 15 is 0 Å². The van der Waals surface area contributed by atoms with Crippen LogP contribution in [0.2, 0.25) is 0 Å². The molecule has 0 fully saturated rings. The van der Waals surface area contributed by atoms with E-state index in [4.69, 9.17) is 10.5 Å². The normalized spacial score (nSPS) is 12.3. The summed E-state index contributed by atoms with van der Waals surface area (Å²) in [6.45, 7) is 0. The number of benzene rings is 2. The van der Waals surface area contributed by atoms with Gasteiger partial charge in [0.15, 0.2) is 0 Å². The molecule has 0 radical (unpaired) electrons. The number of methoxy groups -OCH3 is 1. The molecule has 3 heteroatoms. The first-order chi connectivity index (χ1) is 10.3. The highest BCUT2D eigenvalue weighted by Gasteiger charge is 2.11. The van der Waals surface area contributed by atoms with Crippen molar-refractivity contribution in [2.24, 2.45) is 5.73 Å². The van der Waals surface area contributed by atoms with Gasteiger partial charge in [-0.3, -0.25) is 4.98 Å². The molecule has 0 spiro atoms. The quantitative estimate of drug-likeness (QED) is 0.794. The van der Waals surface area contributed by atoms with E-state index in [0.717, 1.165) is 28.6 Å². The minimum atomic E-state index is -0.0648. The summed E-state index contributed by atoms with van der Waals surface area (Å²) in [7, 11) is 1.68. The van der Waals surface area contributed by atoms with Crippen LogP contribution in [-0.2, 0) is 6.42 Å². The maximum atomic E-state index is 6.42. The number of aromatic nitrogens is 1. The highest BCUT2D eigenvalue weighted by molar-refractivity contribution is 5.82. The predicted octanol–water partition coefficient (Wildman–Crippen LogP) is 3.49. The van der Waals surface area contributed by atoms with Gasteiger partial charge in [0.25, 0.3) is 0 Å². The molecule has 0 saturated heterocycles. The smallest absolute Gasteiger partial charge is 0.119 e. The molecule has 1 heterocycles. The van der Waals surface area contributed by atoms with E-state index in [1.54, 1.807) is 7.11 Å². The lowest BCUT2D eigenvalue weighted by atomic mass is 9.97. The van der Waals surface area contributed by atoms with Crippen molar-refractivity contribution in [3.05, 3.63) is 71.9 Å². The third-order valence-electron chi connectivity index (χ3n) is 3.67. The molecule has 1 unspecified atom stereocenters. The third kappa shape index (κ3) is 2.88. The molecule has 0 aliphatic carbocycles. The van der Waals surface area contributed by atoms with Crippen LogP contribution in [-0.4, -0.2) is 12.1 Å². The zero-order chi connectivity index (χ0) is 14.7. The Morgan fingerprint density at radius 2 is 1.95 bits per heavy atom. The van der Waals surface area contributed by atoms with E-state index in [9.17, 15) is 0 Å². The van der Waals surface area contributed by atoms with Crippen molar-refractivity contribution in [3.8, 4) is 5.75 Å². The first kappa shape index (κ1) is 13.6. The van der Waals surface area contributed by atoms with Crippen LogP contribution in [0.3, 0.4) is 0 Å². The van der Waals surface area contributed by atoms with Crippen molar-refractivity contribution in [3.63, 3.8) is 0 Å². The van der Waals surface area contributed by atoms with Crippen LogP contribution >= 0.6 is 0 Å². The predicted molar refractivity (Wildman–Crippen MR) is 85.4 cm³/mol. The number of fused-ring (bicyclic) bond motifs is 1. The lowest BCUT2D eigenvalue weighted by Crippen LogP contribution is -2.14. The molecule has 2 aromatic carbocycles. The Labute approximate surface area is 124 Å². The van der Waals surface area contributed by atoms with Crippen LogP contribution in [0.5, 0.6) is 5.75 Å². The Kier molecular flexibility index (Phi) is 3.84. The number of nitrogens with zero attached hydrogens (tertiary/aromatic N) is 1. The van der Waals surface area contributed by atoms with Crippen LogP contribution in [0.15, 0.2) is 60.8 Å². The summed E-state index contributed by atoms with van der Waals surface area (Å²) in [5.41, 5.74) is 9.70. The molecule has 0 saturated carbocycles. The minimum absolute atomic E-state index is 0.0648. The number of ether oxygens (including phenoxy) is 1. The first-order valence-corrected chi connectivity index (χ1v) is 7.00. The molecule has 3 aromatic rings. The van der Waals surface area contributed by atoms with Crippen molar-refractivity contribution in [1.82, 2.24) is 4.98 Å². The molecule has 0 aliphatic rings. The summed E-state index contributed by atoms with van der Waals surface area (Å²) in [6, 6.07) is 18.1. The van der Waals surface area contributed by atoms with Gasteiger partial charge in [0, 0.05) is 17.6 Å². The first-order valence-electron chi connectivity index (χ1n) is 7.00. The van der Waals surface area contributed by atoms with Gasteiger partial charge in [0.1, 0.15) is 5.75 Å². The van der Waals surface area contributed by atoms with Gasteiger partial charge < -0.3 is 10.5 Å². The van der Waals surface area contributed by atoms with Crippen molar-refractivity contribution in [1.29, 1.82) is 0 Å². The second-order valence-corrected chi connectivity index (χ2v) is 5.08.